The molecule has 0 bridgehead atoms. The lowest BCUT2D eigenvalue weighted by Gasteiger charge is -2.13. The number of aliphatic hydroxyl groups is 1. The van der Waals surface area contributed by atoms with Gasteiger partial charge in [-0.3, -0.25) is 4.79 Å². The Kier molecular flexibility index (Phi) is 5.72. The van der Waals surface area contributed by atoms with Crippen molar-refractivity contribution < 1.29 is 33.3 Å². The number of aliphatic hydroxyl groups excluding tert-OH is 1. The summed E-state index contributed by atoms with van der Waals surface area (Å²) >= 11 is 0. The number of nitrogens with one attached hydrogen (secondary N) is 1. The first-order valence-corrected chi connectivity index (χ1v) is 3.92. The molecule has 15 heavy (non-hydrogen) atoms. The lowest BCUT2D eigenvalue weighted by molar-refractivity contribution is -0.144. The van der Waals surface area contributed by atoms with E-state index in [0.717, 1.165) is 0 Å². The minimum atomic E-state index is -3.39. The van der Waals surface area contributed by atoms with Gasteiger partial charge >= 0.3 is 5.97 Å². The monoisotopic (exact) mass is 227 g/mol. The van der Waals surface area contributed by atoms with Gasteiger partial charge in [0.1, 0.15) is 19.8 Å². The molecule has 8 heteroatoms. The van der Waals surface area contributed by atoms with Crippen molar-refractivity contribution in [3.05, 3.63) is 0 Å². The number of halogens is 2. The predicted molar refractivity (Wildman–Crippen MR) is 43.5 cm³/mol. The highest BCUT2D eigenvalue weighted by Crippen LogP contribution is 2.09. The zero-order valence-corrected chi connectivity index (χ0v) is 7.70. The molecule has 6 nitrogen and oxygen atoms in total. The van der Waals surface area contributed by atoms with Crippen molar-refractivity contribution in [2.45, 2.75) is 5.92 Å². The summed E-state index contributed by atoms with van der Waals surface area (Å²) in [6.07, 6.45) is 0. The summed E-state index contributed by atoms with van der Waals surface area (Å²) in [5.74, 6) is -5.52. The molecule has 88 valence electrons. The van der Waals surface area contributed by atoms with Crippen molar-refractivity contribution in [2.24, 2.45) is 0 Å². The molecule has 0 aromatic heterocycles. The third-order valence-electron chi connectivity index (χ3n) is 1.23. The summed E-state index contributed by atoms with van der Waals surface area (Å²) in [5.41, 5.74) is 0. The van der Waals surface area contributed by atoms with E-state index in [2.05, 4.69) is 4.74 Å². The SMILES string of the molecule is O=C(O)COCC(=O)NCC(F)(F)CO. The molecule has 0 saturated heterocycles. The van der Waals surface area contributed by atoms with Crippen LogP contribution in [0.3, 0.4) is 0 Å². The van der Waals surface area contributed by atoms with E-state index in [9.17, 15) is 18.4 Å². The Balaban J connectivity index is 3.62. The van der Waals surface area contributed by atoms with Crippen LogP contribution in [0.2, 0.25) is 0 Å². The number of rotatable bonds is 7. The summed E-state index contributed by atoms with van der Waals surface area (Å²) < 4.78 is 29.1. The number of carboxylic acids is 1. The Labute approximate surface area is 83.8 Å². The van der Waals surface area contributed by atoms with E-state index < -0.39 is 44.2 Å². The van der Waals surface area contributed by atoms with Crippen molar-refractivity contribution in [2.75, 3.05) is 26.4 Å². The topological polar surface area (TPSA) is 95.9 Å². The number of ether oxygens (including phenoxy) is 1. The Hall–Kier alpha value is -1.28. The van der Waals surface area contributed by atoms with E-state index in [4.69, 9.17) is 10.2 Å². The van der Waals surface area contributed by atoms with Crippen molar-refractivity contribution in [1.82, 2.24) is 5.32 Å². The van der Waals surface area contributed by atoms with Gasteiger partial charge in [-0.1, -0.05) is 0 Å². The van der Waals surface area contributed by atoms with E-state index in [1.165, 1.54) is 0 Å². The number of carbonyl (C=O) groups excluding carboxylic acids is 1. The van der Waals surface area contributed by atoms with Crippen LogP contribution in [-0.4, -0.2) is 54.4 Å². The molecule has 0 spiro atoms. The van der Waals surface area contributed by atoms with Crippen LogP contribution >= 0.6 is 0 Å². The predicted octanol–water partition coefficient (Wildman–Crippen LogP) is -1.17. The molecule has 0 fully saturated rings. The van der Waals surface area contributed by atoms with Crippen molar-refractivity contribution in [3.63, 3.8) is 0 Å². The Morgan fingerprint density at radius 2 is 1.93 bits per heavy atom. The number of hydrogen-bond acceptors (Lipinski definition) is 4. The Bertz CT molecular complexity index is 233. The van der Waals surface area contributed by atoms with Crippen LogP contribution in [0.1, 0.15) is 0 Å². The standard InChI is InChI=1S/C7H11F2NO5/c8-7(9,4-11)3-10-5(12)1-15-2-6(13)14/h11H,1-4H2,(H,10,12)(H,13,14). The number of hydrogen-bond donors (Lipinski definition) is 3. The average Bonchev–Trinajstić information content (AvgIpc) is 2.14. The molecule has 0 heterocycles. The minimum absolute atomic E-state index is 0.617. The van der Waals surface area contributed by atoms with Gasteiger partial charge < -0.3 is 20.3 Å². The molecule has 0 aromatic carbocycles. The van der Waals surface area contributed by atoms with Gasteiger partial charge in [-0.15, -0.1) is 0 Å². The minimum Gasteiger partial charge on any atom is -0.480 e. The summed E-state index contributed by atoms with van der Waals surface area (Å²) in [7, 11) is 0. The molecule has 0 rings (SSSR count). The van der Waals surface area contributed by atoms with Crippen LogP contribution in [0, 0.1) is 0 Å². The summed E-state index contributed by atoms with van der Waals surface area (Å²) in [6, 6.07) is 0. The molecule has 0 unspecified atom stereocenters. The number of carbonyl (C=O) groups is 2. The normalized spacial score (nSPS) is 11.1. The van der Waals surface area contributed by atoms with E-state index in [1.807, 2.05) is 0 Å². The molecular formula is C7H11F2NO5. The zero-order chi connectivity index (χ0) is 11.9. The van der Waals surface area contributed by atoms with E-state index in [1.54, 1.807) is 5.32 Å². The Morgan fingerprint density at radius 1 is 1.33 bits per heavy atom. The quantitative estimate of drug-likeness (QED) is 0.509. The summed E-state index contributed by atoms with van der Waals surface area (Å²) in [4.78, 5) is 20.7. The molecule has 0 saturated carbocycles. The van der Waals surface area contributed by atoms with Crippen molar-refractivity contribution in [1.29, 1.82) is 0 Å². The molecule has 0 aliphatic carbocycles. The van der Waals surface area contributed by atoms with Gasteiger partial charge in [-0.2, -0.15) is 0 Å². The van der Waals surface area contributed by atoms with Crippen LogP contribution in [-0.2, 0) is 14.3 Å². The molecule has 1 amide bonds. The fourth-order valence-electron chi connectivity index (χ4n) is 0.566. The molecule has 0 aliphatic heterocycles. The molecule has 0 atom stereocenters. The largest absolute Gasteiger partial charge is 0.480 e. The lowest BCUT2D eigenvalue weighted by atomic mass is 10.3. The number of alkyl halides is 2. The van der Waals surface area contributed by atoms with Crippen molar-refractivity contribution >= 4 is 11.9 Å². The maximum atomic E-state index is 12.4. The van der Waals surface area contributed by atoms with Gasteiger partial charge in [0.05, 0.1) is 6.54 Å². The van der Waals surface area contributed by atoms with Gasteiger partial charge in [0.2, 0.25) is 5.91 Å². The van der Waals surface area contributed by atoms with Gasteiger partial charge in [-0.25, -0.2) is 13.6 Å². The van der Waals surface area contributed by atoms with Crippen LogP contribution in [0.5, 0.6) is 0 Å². The van der Waals surface area contributed by atoms with E-state index in [-0.39, 0.29) is 0 Å². The maximum absolute atomic E-state index is 12.4. The maximum Gasteiger partial charge on any atom is 0.329 e. The number of aliphatic carboxylic acids is 1. The fraction of sp³-hybridized carbons (Fsp3) is 0.714. The molecule has 0 radical (unpaired) electrons. The third kappa shape index (κ3) is 7.77. The van der Waals surface area contributed by atoms with Gasteiger partial charge in [0, 0.05) is 0 Å². The third-order valence-corrected chi connectivity index (χ3v) is 1.23. The highest BCUT2D eigenvalue weighted by Gasteiger charge is 2.28. The lowest BCUT2D eigenvalue weighted by Crippen LogP contribution is -2.40. The smallest absolute Gasteiger partial charge is 0.329 e. The van der Waals surface area contributed by atoms with Crippen LogP contribution < -0.4 is 5.32 Å². The van der Waals surface area contributed by atoms with Crippen LogP contribution in [0.4, 0.5) is 8.78 Å². The van der Waals surface area contributed by atoms with Gasteiger partial charge in [0.15, 0.2) is 0 Å². The summed E-state index contributed by atoms with van der Waals surface area (Å²) in [5, 5.41) is 18.0. The zero-order valence-electron chi connectivity index (χ0n) is 7.70. The number of amides is 1. The number of carboxylic acid groups (broad SMARTS) is 1. The van der Waals surface area contributed by atoms with E-state index in [0.29, 0.717) is 0 Å². The highest BCUT2D eigenvalue weighted by atomic mass is 19.3. The summed E-state index contributed by atoms with van der Waals surface area (Å²) in [6.45, 7) is -3.68. The first-order chi connectivity index (χ1) is 6.87. The van der Waals surface area contributed by atoms with Crippen molar-refractivity contribution in [3.8, 4) is 0 Å². The van der Waals surface area contributed by atoms with Gasteiger partial charge in [0.25, 0.3) is 5.92 Å². The first-order valence-electron chi connectivity index (χ1n) is 3.92. The second-order valence-electron chi connectivity index (χ2n) is 2.68. The fourth-order valence-corrected chi connectivity index (χ4v) is 0.566. The van der Waals surface area contributed by atoms with E-state index >= 15 is 0 Å². The van der Waals surface area contributed by atoms with Gasteiger partial charge in [-0.05, 0) is 0 Å². The van der Waals surface area contributed by atoms with Crippen LogP contribution in [0.25, 0.3) is 0 Å². The molecule has 0 aromatic rings. The molecule has 3 N–H and O–H groups in total. The second-order valence-corrected chi connectivity index (χ2v) is 2.68. The average molecular weight is 227 g/mol. The molecular weight excluding hydrogens is 216 g/mol. The molecule has 0 aliphatic rings. The first kappa shape index (κ1) is 13.7. The van der Waals surface area contributed by atoms with Crippen LogP contribution in [0.15, 0.2) is 0 Å². The highest BCUT2D eigenvalue weighted by molar-refractivity contribution is 5.77. The Morgan fingerprint density at radius 3 is 2.40 bits per heavy atom. The second kappa shape index (κ2) is 6.25.